The van der Waals surface area contributed by atoms with Crippen LogP contribution in [0.2, 0.25) is 0 Å². The number of likely N-dealkylation sites (tertiary alicyclic amines) is 2. The van der Waals surface area contributed by atoms with Crippen LogP contribution in [0.5, 0.6) is 0 Å². The molecule has 130 valence electrons. The third-order valence-corrected chi connectivity index (χ3v) is 5.27. The molecule has 0 bridgehead atoms. The standard InChI is InChI=1S/C19H25FN2O2/c1-19(13-15-6-4-7-16(20)12-15)9-5-11-22(19)18(24)14-21-10-3-2-8-17(21)23/h4,6-7,12H,2-3,5,8-11,13-14H2,1H3/t19-/m1/s1. The second kappa shape index (κ2) is 6.91. The third kappa shape index (κ3) is 3.60. The molecule has 2 saturated heterocycles. The largest absolute Gasteiger partial charge is 0.335 e. The van der Waals surface area contributed by atoms with E-state index in [0.717, 1.165) is 31.2 Å². The fraction of sp³-hybridized carbons (Fsp3) is 0.579. The van der Waals surface area contributed by atoms with Crippen molar-refractivity contribution in [1.82, 2.24) is 9.80 Å². The first-order chi connectivity index (χ1) is 11.5. The first-order valence-electron chi connectivity index (χ1n) is 8.81. The molecule has 24 heavy (non-hydrogen) atoms. The lowest BCUT2D eigenvalue weighted by molar-refractivity contribution is -0.144. The fourth-order valence-electron chi connectivity index (χ4n) is 4.00. The molecule has 5 heteroatoms. The number of carbonyl (C=O) groups is 2. The van der Waals surface area contributed by atoms with Crippen LogP contribution in [0.25, 0.3) is 0 Å². The van der Waals surface area contributed by atoms with Gasteiger partial charge in [-0.15, -0.1) is 0 Å². The normalized spacial score (nSPS) is 24.5. The van der Waals surface area contributed by atoms with Crippen molar-refractivity contribution in [3.05, 3.63) is 35.6 Å². The Labute approximate surface area is 142 Å². The lowest BCUT2D eigenvalue weighted by atomic mass is 9.90. The molecule has 0 spiro atoms. The van der Waals surface area contributed by atoms with E-state index < -0.39 is 0 Å². The Kier molecular flexibility index (Phi) is 4.88. The van der Waals surface area contributed by atoms with Crippen molar-refractivity contribution in [3.8, 4) is 0 Å². The molecule has 0 unspecified atom stereocenters. The molecule has 4 nitrogen and oxygen atoms in total. The molecule has 0 aromatic heterocycles. The van der Waals surface area contributed by atoms with Gasteiger partial charge in [-0.05, 0) is 56.7 Å². The van der Waals surface area contributed by atoms with E-state index in [0.29, 0.717) is 25.9 Å². The molecule has 2 heterocycles. The Morgan fingerprint density at radius 1 is 1.25 bits per heavy atom. The first kappa shape index (κ1) is 16.9. The maximum absolute atomic E-state index is 13.4. The summed E-state index contributed by atoms with van der Waals surface area (Å²) in [6.45, 7) is 3.64. The number of piperidine rings is 1. The number of carbonyl (C=O) groups excluding carboxylic acids is 2. The van der Waals surface area contributed by atoms with Crippen molar-refractivity contribution < 1.29 is 14.0 Å². The van der Waals surface area contributed by atoms with Gasteiger partial charge in [0.25, 0.3) is 0 Å². The van der Waals surface area contributed by atoms with Crippen LogP contribution in [-0.4, -0.2) is 46.8 Å². The Hall–Kier alpha value is -1.91. The lowest BCUT2D eigenvalue weighted by Crippen LogP contribution is -2.51. The number of hydrogen-bond acceptors (Lipinski definition) is 2. The van der Waals surface area contributed by atoms with Crippen LogP contribution in [0.1, 0.15) is 44.6 Å². The number of rotatable bonds is 4. The Morgan fingerprint density at radius 2 is 2.08 bits per heavy atom. The maximum atomic E-state index is 13.4. The summed E-state index contributed by atoms with van der Waals surface area (Å²) < 4.78 is 13.4. The topological polar surface area (TPSA) is 40.6 Å². The van der Waals surface area contributed by atoms with Gasteiger partial charge in [-0.3, -0.25) is 9.59 Å². The van der Waals surface area contributed by atoms with Crippen molar-refractivity contribution >= 4 is 11.8 Å². The highest BCUT2D eigenvalue weighted by Gasteiger charge is 2.40. The second-order valence-electron chi connectivity index (χ2n) is 7.22. The van der Waals surface area contributed by atoms with Gasteiger partial charge in [0.2, 0.25) is 11.8 Å². The van der Waals surface area contributed by atoms with Gasteiger partial charge in [0, 0.05) is 25.0 Å². The van der Waals surface area contributed by atoms with E-state index in [4.69, 9.17) is 0 Å². The molecule has 2 aliphatic heterocycles. The summed E-state index contributed by atoms with van der Waals surface area (Å²) >= 11 is 0. The third-order valence-electron chi connectivity index (χ3n) is 5.27. The Balaban J connectivity index is 1.69. The predicted octanol–water partition coefficient (Wildman–Crippen LogP) is 2.76. The highest BCUT2D eigenvalue weighted by molar-refractivity contribution is 5.85. The predicted molar refractivity (Wildman–Crippen MR) is 89.9 cm³/mol. The first-order valence-corrected chi connectivity index (χ1v) is 8.81. The lowest BCUT2D eigenvalue weighted by Gasteiger charge is -2.37. The molecule has 1 aromatic rings. The second-order valence-corrected chi connectivity index (χ2v) is 7.22. The van der Waals surface area contributed by atoms with Crippen LogP contribution >= 0.6 is 0 Å². The van der Waals surface area contributed by atoms with Gasteiger partial charge in [-0.25, -0.2) is 4.39 Å². The Bertz CT molecular complexity index is 634. The van der Waals surface area contributed by atoms with Gasteiger partial charge in [0.15, 0.2) is 0 Å². The van der Waals surface area contributed by atoms with Gasteiger partial charge in [-0.1, -0.05) is 12.1 Å². The van der Waals surface area contributed by atoms with Gasteiger partial charge in [0.1, 0.15) is 5.82 Å². The van der Waals surface area contributed by atoms with E-state index in [1.165, 1.54) is 6.07 Å². The molecule has 2 amide bonds. The number of halogens is 1. The molecule has 0 saturated carbocycles. The molecular weight excluding hydrogens is 307 g/mol. The van der Waals surface area contributed by atoms with Crippen LogP contribution in [0.3, 0.4) is 0 Å². The minimum Gasteiger partial charge on any atom is -0.335 e. The smallest absolute Gasteiger partial charge is 0.242 e. The van der Waals surface area contributed by atoms with E-state index >= 15 is 0 Å². The molecule has 3 rings (SSSR count). The zero-order valence-corrected chi connectivity index (χ0v) is 14.3. The van der Waals surface area contributed by atoms with E-state index in [9.17, 15) is 14.0 Å². The van der Waals surface area contributed by atoms with Crippen molar-refractivity contribution in [2.24, 2.45) is 0 Å². The van der Waals surface area contributed by atoms with Gasteiger partial charge < -0.3 is 9.80 Å². The van der Waals surface area contributed by atoms with Crippen LogP contribution in [-0.2, 0) is 16.0 Å². The molecule has 2 fully saturated rings. The van der Waals surface area contributed by atoms with Gasteiger partial charge >= 0.3 is 0 Å². The van der Waals surface area contributed by atoms with Crippen molar-refractivity contribution in [2.75, 3.05) is 19.6 Å². The van der Waals surface area contributed by atoms with Crippen molar-refractivity contribution in [3.63, 3.8) is 0 Å². The zero-order chi connectivity index (χ0) is 17.2. The molecule has 0 radical (unpaired) electrons. The van der Waals surface area contributed by atoms with Crippen molar-refractivity contribution in [2.45, 2.75) is 51.0 Å². The summed E-state index contributed by atoms with van der Waals surface area (Å²) in [6.07, 6.45) is 4.94. The van der Waals surface area contributed by atoms with E-state index in [-0.39, 0.29) is 29.7 Å². The van der Waals surface area contributed by atoms with Crippen LogP contribution in [0.15, 0.2) is 24.3 Å². The summed E-state index contributed by atoms with van der Waals surface area (Å²) in [5, 5.41) is 0. The van der Waals surface area contributed by atoms with E-state index in [2.05, 4.69) is 6.92 Å². The number of benzene rings is 1. The summed E-state index contributed by atoms with van der Waals surface area (Å²) in [5.74, 6) is -0.145. The Morgan fingerprint density at radius 3 is 2.83 bits per heavy atom. The SMILES string of the molecule is C[C@]1(Cc2cccc(F)c2)CCCN1C(=O)CN1CCCCC1=O. The molecule has 2 aliphatic rings. The quantitative estimate of drug-likeness (QED) is 0.851. The molecule has 0 aliphatic carbocycles. The minimum absolute atomic E-state index is 0.0154. The van der Waals surface area contributed by atoms with Crippen LogP contribution in [0.4, 0.5) is 4.39 Å². The van der Waals surface area contributed by atoms with Gasteiger partial charge in [-0.2, -0.15) is 0 Å². The van der Waals surface area contributed by atoms with Crippen LogP contribution < -0.4 is 0 Å². The molecular formula is C19H25FN2O2. The molecule has 0 N–H and O–H groups in total. The number of hydrogen-bond donors (Lipinski definition) is 0. The summed E-state index contributed by atoms with van der Waals surface area (Å²) in [6, 6.07) is 6.59. The fourth-order valence-corrected chi connectivity index (χ4v) is 4.00. The summed E-state index contributed by atoms with van der Waals surface area (Å²) in [4.78, 5) is 28.3. The minimum atomic E-state index is -0.302. The number of amides is 2. The highest BCUT2D eigenvalue weighted by atomic mass is 19.1. The monoisotopic (exact) mass is 332 g/mol. The average Bonchev–Trinajstić information content (AvgIpc) is 2.91. The zero-order valence-electron chi connectivity index (χ0n) is 14.3. The molecule has 1 aromatic carbocycles. The van der Waals surface area contributed by atoms with E-state index in [1.807, 2.05) is 11.0 Å². The highest BCUT2D eigenvalue weighted by Crippen LogP contribution is 2.33. The maximum Gasteiger partial charge on any atom is 0.242 e. The summed E-state index contributed by atoms with van der Waals surface area (Å²) in [5.41, 5.74) is 0.607. The molecule has 1 atom stereocenters. The van der Waals surface area contributed by atoms with Crippen LogP contribution in [0, 0.1) is 5.82 Å². The average molecular weight is 332 g/mol. The van der Waals surface area contributed by atoms with Crippen molar-refractivity contribution in [1.29, 1.82) is 0 Å². The van der Waals surface area contributed by atoms with Gasteiger partial charge in [0.05, 0.1) is 6.54 Å². The number of nitrogens with zero attached hydrogens (tertiary/aromatic N) is 2. The summed E-state index contributed by atoms with van der Waals surface area (Å²) in [7, 11) is 0. The van der Waals surface area contributed by atoms with E-state index in [1.54, 1.807) is 17.0 Å².